The molecule has 1 aliphatic heterocycles. The van der Waals surface area contributed by atoms with Crippen molar-refractivity contribution in [3.05, 3.63) is 35.1 Å². The molecule has 1 saturated heterocycles. The Hall–Kier alpha value is -2.75. The summed E-state index contributed by atoms with van der Waals surface area (Å²) in [6, 6.07) is 0. The Morgan fingerprint density at radius 2 is 2.32 bits per heavy atom. The third kappa shape index (κ3) is 4.06. The highest BCUT2D eigenvalue weighted by Gasteiger charge is 2.28. The standard InChI is InChI=1S/C18H21N7O2S/c1-2-4-13-16(28-24-22-13)18(26)25-8-3-5-12(11-25)9-15-21-17(23-27-15)14-10-19-6-7-20-14/h6-7,10,12H,2-5,8-9,11H2,1H3. The van der Waals surface area contributed by atoms with E-state index in [4.69, 9.17) is 4.52 Å². The first-order chi connectivity index (χ1) is 13.7. The van der Waals surface area contributed by atoms with E-state index < -0.39 is 0 Å². The quantitative estimate of drug-likeness (QED) is 0.621. The lowest BCUT2D eigenvalue weighted by molar-refractivity contribution is 0.0671. The number of hydrogen-bond acceptors (Lipinski definition) is 9. The molecule has 1 atom stereocenters. The average molecular weight is 399 g/mol. The number of likely N-dealkylation sites (tertiary alicyclic amines) is 1. The zero-order chi connectivity index (χ0) is 19.3. The van der Waals surface area contributed by atoms with Gasteiger partial charge in [-0.05, 0) is 36.7 Å². The van der Waals surface area contributed by atoms with Crippen LogP contribution in [0.15, 0.2) is 23.1 Å². The molecular formula is C18H21N7O2S. The van der Waals surface area contributed by atoms with E-state index in [2.05, 4.69) is 36.6 Å². The average Bonchev–Trinajstić information content (AvgIpc) is 3.38. The fraction of sp³-hybridized carbons (Fsp3) is 0.500. The Labute approximate surface area is 166 Å². The van der Waals surface area contributed by atoms with E-state index in [1.54, 1.807) is 18.6 Å². The van der Waals surface area contributed by atoms with Crippen LogP contribution in [0, 0.1) is 5.92 Å². The molecule has 1 aliphatic rings. The van der Waals surface area contributed by atoms with E-state index in [1.165, 1.54) is 11.5 Å². The second-order valence-electron chi connectivity index (χ2n) is 6.86. The van der Waals surface area contributed by atoms with Crippen molar-refractivity contribution >= 4 is 17.4 Å². The maximum absolute atomic E-state index is 12.9. The largest absolute Gasteiger partial charge is 0.339 e. The highest BCUT2D eigenvalue weighted by molar-refractivity contribution is 7.08. The molecule has 4 rings (SSSR count). The molecule has 0 aliphatic carbocycles. The molecule has 0 N–H and O–H groups in total. The molecule has 1 unspecified atom stereocenters. The molecular weight excluding hydrogens is 378 g/mol. The Bertz CT molecular complexity index is 927. The number of carbonyl (C=O) groups is 1. The van der Waals surface area contributed by atoms with Gasteiger partial charge >= 0.3 is 0 Å². The van der Waals surface area contributed by atoms with Gasteiger partial charge in [0.1, 0.15) is 10.6 Å². The summed E-state index contributed by atoms with van der Waals surface area (Å²) in [5.74, 6) is 1.31. The first-order valence-electron chi connectivity index (χ1n) is 9.44. The minimum Gasteiger partial charge on any atom is -0.339 e. The molecule has 0 radical (unpaired) electrons. The topological polar surface area (TPSA) is 111 Å². The zero-order valence-corrected chi connectivity index (χ0v) is 16.4. The van der Waals surface area contributed by atoms with Crippen molar-refractivity contribution < 1.29 is 9.32 Å². The molecule has 0 aromatic carbocycles. The number of carbonyl (C=O) groups excluding carboxylic acids is 1. The molecule has 9 nitrogen and oxygen atoms in total. The second kappa shape index (κ2) is 8.51. The molecule has 1 fully saturated rings. The van der Waals surface area contributed by atoms with Crippen LogP contribution in [0.2, 0.25) is 0 Å². The number of amides is 1. The van der Waals surface area contributed by atoms with Crippen LogP contribution in [0.4, 0.5) is 0 Å². The molecule has 28 heavy (non-hydrogen) atoms. The summed E-state index contributed by atoms with van der Waals surface area (Å²) in [5.41, 5.74) is 1.39. The molecule has 146 valence electrons. The summed E-state index contributed by atoms with van der Waals surface area (Å²) in [5, 5.41) is 8.11. The summed E-state index contributed by atoms with van der Waals surface area (Å²) in [7, 11) is 0. The number of aromatic nitrogens is 6. The lowest BCUT2D eigenvalue weighted by Gasteiger charge is -2.32. The monoisotopic (exact) mass is 399 g/mol. The van der Waals surface area contributed by atoms with Crippen LogP contribution in [-0.4, -0.2) is 53.6 Å². The van der Waals surface area contributed by atoms with Crippen molar-refractivity contribution in [3.63, 3.8) is 0 Å². The smallest absolute Gasteiger partial charge is 0.267 e. The van der Waals surface area contributed by atoms with Gasteiger partial charge in [-0.2, -0.15) is 4.98 Å². The summed E-state index contributed by atoms with van der Waals surface area (Å²) < 4.78 is 9.37. The van der Waals surface area contributed by atoms with Gasteiger partial charge in [0.25, 0.3) is 5.91 Å². The third-order valence-electron chi connectivity index (χ3n) is 4.77. The van der Waals surface area contributed by atoms with Gasteiger partial charge in [0.05, 0.1) is 11.9 Å². The van der Waals surface area contributed by atoms with Crippen molar-refractivity contribution in [1.29, 1.82) is 0 Å². The number of rotatable bonds is 6. The van der Waals surface area contributed by atoms with Crippen molar-refractivity contribution in [2.75, 3.05) is 13.1 Å². The molecule has 1 amide bonds. The van der Waals surface area contributed by atoms with E-state index in [1.807, 2.05) is 4.90 Å². The number of aryl methyl sites for hydroxylation is 1. The molecule has 0 spiro atoms. The molecule has 4 heterocycles. The molecule has 0 saturated carbocycles. The van der Waals surface area contributed by atoms with Crippen LogP contribution in [0.5, 0.6) is 0 Å². The Balaban J connectivity index is 1.41. The van der Waals surface area contributed by atoms with E-state index in [0.717, 1.165) is 37.9 Å². The minimum absolute atomic E-state index is 0.0360. The van der Waals surface area contributed by atoms with Gasteiger partial charge in [0.15, 0.2) is 0 Å². The minimum atomic E-state index is 0.0360. The van der Waals surface area contributed by atoms with Crippen LogP contribution < -0.4 is 0 Å². The summed E-state index contributed by atoms with van der Waals surface area (Å²) in [4.78, 5) is 28.1. The second-order valence-corrected chi connectivity index (χ2v) is 7.62. The van der Waals surface area contributed by atoms with Gasteiger partial charge in [0, 0.05) is 31.9 Å². The molecule has 0 bridgehead atoms. The first kappa shape index (κ1) is 18.6. The summed E-state index contributed by atoms with van der Waals surface area (Å²) >= 11 is 1.19. The highest BCUT2D eigenvalue weighted by atomic mass is 32.1. The van der Waals surface area contributed by atoms with E-state index >= 15 is 0 Å². The van der Waals surface area contributed by atoms with Crippen LogP contribution in [0.25, 0.3) is 11.5 Å². The van der Waals surface area contributed by atoms with Gasteiger partial charge in [0.2, 0.25) is 11.7 Å². The third-order valence-corrected chi connectivity index (χ3v) is 5.52. The van der Waals surface area contributed by atoms with Crippen LogP contribution in [-0.2, 0) is 12.8 Å². The summed E-state index contributed by atoms with van der Waals surface area (Å²) in [6.45, 7) is 3.50. The van der Waals surface area contributed by atoms with Gasteiger partial charge in [-0.3, -0.25) is 9.78 Å². The van der Waals surface area contributed by atoms with Gasteiger partial charge < -0.3 is 9.42 Å². The highest BCUT2D eigenvalue weighted by Crippen LogP contribution is 2.24. The number of piperidine rings is 1. The Morgan fingerprint density at radius 3 is 3.14 bits per heavy atom. The van der Waals surface area contributed by atoms with Crippen LogP contribution in [0.3, 0.4) is 0 Å². The SMILES string of the molecule is CCCc1nnsc1C(=O)N1CCCC(Cc2nc(-c3cnccn3)no2)C1. The van der Waals surface area contributed by atoms with Gasteiger partial charge in [-0.1, -0.05) is 23.0 Å². The van der Waals surface area contributed by atoms with E-state index in [9.17, 15) is 4.79 Å². The lowest BCUT2D eigenvalue weighted by atomic mass is 9.94. The lowest BCUT2D eigenvalue weighted by Crippen LogP contribution is -2.40. The molecule has 3 aromatic heterocycles. The van der Waals surface area contributed by atoms with Gasteiger partial charge in [-0.15, -0.1) is 5.10 Å². The molecule has 3 aromatic rings. The number of nitrogens with zero attached hydrogens (tertiary/aromatic N) is 7. The van der Waals surface area contributed by atoms with Gasteiger partial charge in [-0.25, -0.2) is 4.98 Å². The Kier molecular flexibility index (Phi) is 5.65. The fourth-order valence-corrected chi connectivity index (χ4v) is 4.11. The van der Waals surface area contributed by atoms with Crippen LogP contribution >= 0.6 is 11.5 Å². The molecule has 10 heteroatoms. The maximum Gasteiger partial charge on any atom is 0.267 e. The van der Waals surface area contributed by atoms with Crippen LogP contribution in [0.1, 0.15) is 47.4 Å². The van der Waals surface area contributed by atoms with Crippen molar-refractivity contribution in [2.24, 2.45) is 5.92 Å². The first-order valence-corrected chi connectivity index (χ1v) is 10.2. The van der Waals surface area contributed by atoms with Crippen molar-refractivity contribution in [3.8, 4) is 11.5 Å². The van der Waals surface area contributed by atoms with Crippen molar-refractivity contribution in [1.82, 2.24) is 34.6 Å². The maximum atomic E-state index is 12.9. The van der Waals surface area contributed by atoms with Crippen molar-refractivity contribution in [2.45, 2.75) is 39.0 Å². The Morgan fingerprint density at radius 1 is 1.39 bits per heavy atom. The predicted molar refractivity (Wildman–Crippen MR) is 102 cm³/mol. The normalized spacial score (nSPS) is 17.0. The van der Waals surface area contributed by atoms with E-state index in [0.29, 0.717) is 35.3 Å². The zero-order valence-electron chi connectivity index (χ0n) is 15.6. The van der Waals surface area contributed by atoms with E-state index in [-0.39, 0.29) is 11.8 Å². The fourth-order valence-electron chi connectivity index (χ4n) is 3.43. The number of hydrogen-bond donors (Lipinski definition) is 0. The summed E-state index contributed by atoms with van der Waals surface area (Å²) in [6.07, 6.45) is 9.14. The predicted octanol–water partition coefficient (Wildman–Crippen LogP) is 2.43.